The molecule has 0 atom stereocenters. The molecule has 2 heterocycles. The summed E-state index contributed by atoms with van der Waals surface area (Å²) in [4.78, 5) is 16.6. The van der Waals surface area contributed by atoms with E-state index in [0.717, 1.165) is 50.9 Å². The standard InChI is InChI=1S/C16H29N3O.ClH/c1-13-4-8-18(9-5-13)16(20)19-10-6-15(7-11-19)17-12-14-2-3-14;/h13-15,17H,2-12H2,1H3;1H. The first-order valence-corrected chi connectivity index (χ1v) is 8.49. The average molecular weight is 316 g/mol. The highest BCUT2D eigenvalue weighted by molar-refractivity contribution is 5.85. The maximum absolute atomic E-state index is 12.5. The predicted molar refractivity (Wildman–Crippen MR) is 87.9 cm³/mol. The number of piperidine rings is 2. The molecule has 0 spiro atoms. The molecule has 0 unspecified atom stereocenters. The molecule has 2 saturated heterocycles. The normalized spacial score (nSPS) is 24.8. The number of hydrogen-bond donors (Lipinski definition) is 1. The molecular formula is C16H30ClN3O. The Labute approximate surface area is 135 Å². The third-order valence-corrected chi connectivity index (χ3v) is 5.21. The number of urea groups is 1. The summed E-state index contributed by atoms with van der Waals surface area (Å²) in [5, 5.41) is 3.68. The fraction of sp³-hybridized carbons (Fsp3) is 0.938. The van der Waals surface area contributed by atoms with Gasteiger partial charge in [-0.3, -0.25) is 0 Å². The van der Waals surface area contributed by atoms with Crippen LogP contribution in [0.1, 0.15) is 45.4 Å². The smallest absolute Gasteiger partial charge is 0.319 e. The van der Waals surface area contributed by atoms with Crippen LogP contribution in [0.4, 0.5) is 4.79 Å². The van der Waals surface area contributed by atoms with Crippen LogP contribution >= 0.6 is 12.4 Å². The Balaban J connectivity index is 0.00000161. The molecule has 3 rings (SSSR count). The SMILES string of the molecule is CC1CCN(C(=O)N2CCC(NCC3CC3)CC2)CC1.Cl. The summed E-state index contributed by atoms with van der Waals surface area (Å²) in [6.07, 6.45) is 7.43. The first kappa shape index (κ1) is 16.9. The van der Waals surface area contributed by atoms with Gasteiger partial charge in [0.1, 0.15) is 0 Å². The number of hydrogen-bond acceptors (Lipinski definition) is 2. The maximum atomic E-state index is 12.5. The Morgan fingerprint density at radius 1 is 0.952 bits per heavy atom. The molecule has 0 aromatic heterocycles. The number of nitrogens with one attached hydrogen (secondary N) is 1. The van der Waals surface area contributed by atoms with E-state index >= 15 is 0 Å². The lowest BCUT2D eigenvalue weighted by molar-refractivity contribution is 0.121. The van der Waals surface area contributed by atoms with Gasteiger partial charge in [0.2, 0.25) is 0 Å². The van der Waals surface area contributed by atoms with Crippen LogP contribution in [0.2, 0.25) is 0 Å². The van der Waals surface area contributed by atoms with Crippen molar-refractivity contribution in [2.24, 2.45) is 11.8 Å². The molecule has 0 bridgehead atoms. The minimum Gasteiger partial charge on any atom is -0.325 e. The summed E-state index contributed by atoms with van der Waals surface area (Å²) >= 11 is 0. The van der Waals surface area contributed by atoms with Crippen molar-refractivity contribution in [3.63, 3.8) is 0 Å². The molecule has 5 heteroatoms. The fourth-order valence-corrected chi connectivity index (χ4v) is 3.33. The summed E-state index contributed by atoms with van der Waals surface area (Å²) in [5.41, 5.74) is 0. The molecule has 21 heavy (non-hydrogen) atoms. The molecular weight excluding hydrogens is 286 g/mol. The topological polar surface area (TPSA) is 35.6 Å². The van der Waals surface area contributed by atoms with Gasteiger partial charge in [-0.15, -0.1) is 12.4 Å². The molecule has 0 radical (unpaired) electrons. The second kappa shape index (κ2) is 7.68. The van der Waals surface area contributed by atoms with Gasteiger partial charge >= 0.3 is 6.03 Å². The minimum atomic E-state index is 0. The zero-order valence-corrected chi connectivity index (χ0v) is 14.0. The molecule has 1 saturated carbocycles. The van der Waals surface area contributed by atoms with Crippen molar-refractivity contribution in [1.29, 1.82) is 0 Å². The lowest BCUT2D eigenvalue weighted by Gasteiger charge is -2.38. The Morgan fingerprint density at radius 3 is 2.00 bits per heavy atom. The number of carbonyl (C=O) groups is 1. The van der Waals surface area contributed by atoms with Crippen LogP contribution in [0, 0.1) is 11.8 Å². The van der Waals surface area contributed by atoms with Crippen molar-refractivity contribution >= 4 is 18.4 Å². The highest BCUT2D eigenvalue weighted by Gasteiger charge is 2.29. The maximum Gasteiger partial charge on any atom is 0.319 e. The van der Waals surface area contributed by atoms with Gasteiger partial charge in [0.05, 0.1) is 0 Å². The Morgan fingerprint density at radius 2 is 1.48 bits per heavy atom. The van der Waals surface area contributed by atoms with Gasteiger partial charge in [-0.1, -0.05) is 6.92 Å². The van der Waals surface area contributed by atoms with E-state index in [1.54, 1.807) is 0 Å². The molecule has 2 aliphatic heterocycles. The van der Waals surface area contributed by atoms with Gasteiger partial charge in [-0.05, 0) is 56.9 Å². The van der Waals surface area contributed by atoms with Crippen LogP contribution in [0.15, 0.2) is 0 Å². The largest absolute Gasteiger partial charge is 0.325 e. The van der Waals surface area contributed by atoms with Gasteiger partial charge in [0.15, 0.2) is 0 Å². The van der Waals surface area contributed by atoms with Gasteiger partial charge in [-0.2, -0.15) is 0 Å². The first-order chi connectivity index (χ1) is 9.72. The molecule has 4 nitrogen and oxygen atoms in total. The van der Waals surface area contributed by atoms with Crippen molar-refractivity contribution in [3.8, 4) is 0 Å². The van der Waals surface area contributed by atoms with Crippen molar-refractivity contribution in [1.82, 2.24) is 15.1 Å². The van der Waals surface area contributed by atoms with Crippen LogP contribution < -0.4 is 5.32 Å². The van der Waals surface area contributed by atoms with E-state index in [9.17, 15) is 4.79 Å². The number of carbonyl (C=O) groups excluding carboxylic acids is 1. The third-order valence-electron chi connectivity index (χ3n) is 5.21. The Bertz CT molecular complexity index is 332. The molecule has 122 valence electrons. The van der Waals surface area contributed by atoms with Crippen molar-refractivity contribution in [2.75, 3.05) is 32.7 Å². The lowest BCUT2D eigenvalue weighted by atomic mass is 9.99. The summed E-state index contributed by atoms with van der Waals surface area (Å²) < 4.78 is 0. The summed E-state index contributed by atoms with van der Waals surface area (Å²) in [7, 11) is 0. The average Bonchev–Trinajstić information content (AvgIpc) is 3.30. The minimum absolute atomic E-state index is 0. The molecule has 0 aromatic rings. The second-order valence-electron chi connectivity index (χ2n) is 7.07. The van der Waals surface area contributed by atoms with Crippen molar-refractivity contribution in [2.45, 2.75) is 51.5 Å². The van der Waals surface area contributed by atoms with Crippen molar-refractivity contribution in [3.05, 3.63) is 0 Å². The number of amides is 2. The van der Waals surface area contributed by atoms with E-state index in [2.05, 4.69) is 22.0 Å². The lowest BCUT2D eigenvalue weighted by Crippen LogP contribution is -2.51. The Hall–Kier alpha value is -0.480. The number of rotatable bonds is 3. The van der Waals surface area contributed by atoms with E-state index in [1.807, 2.05) is 0 Å². The van der Waals surface area contributed by atoms with Crippen LogP contribution in [0.3, 0.4) is 0 Å². The predicted octanol–water partition coefficient (Wildman–Crippen LogP) is 2.72. The highest BCUT2D eigenvalue weighted by atomic mass is 35.5. The van der Waals surface area contributed by atoms with Gasteiger partial charge in [-0.25, -0.2) is 4.79 Å². The highest BCUT2D eigenvalue weighted by Crippen LogP contribution is 2.28. The summed E-state index contributed by atoms with van der Waals surface area (Å²) in [6, 6.07) is 0.929. The fourth-order valence-electron chi connectivity index (χ4n) is 3.33. The quantitative estimate of drug-likeness (QED) is 0.869. The number of likely N-dealkylation sites (tertiary alicyclic amines) is 2. The molecule has 3 fully saturated rings. The van der Waals surface area contributed by atoms with Crippen LogP contribution in [-0.2, 0) is 0 Å². The molecule has 1 aliphatic carbocycles. The molecule has 0 aromatic carbocycles. The first-order valence-electron chi connectivity index (χ1n) is 8.49. The van der Waals surface area contributed by atoms with Gasteiger partial charge in [0.25, 0.3) is 0 Å². The number of halogens is 1. The van der Waals surface area contributed by atoms with E-state index in [4.69, 9.17) is 0 Å². The zero-order chi connectivity index (χ0) is 13.9. The molecule has 2 amide bonds. The van der Waals surface area contributed by atoms with Gasteiger partial charge in [0, 0.05) is 32.2 Å². The molecule has 1 N–H and O–H groups in total. The monoisotopic (exact) mass is 315 g/mol. The van der Waals surface area contributed by atoms with E-state index in [-0.39, 0.29) is 18.4 Å². The third kappa shape index (κ3) is 4.75. The van der Waals surface area contributed by atoms with E-state index in [1.165, 1.54) is 32.2 Å². The van der Waals surface area contributed by atoms with E-state index in [0.29, 0.717) is 6.04 Å². The summed E-state index contributed by atoms with van der Waals surface area (Å²) in [6.45, 7) is 7.28. The Kier molecular flexibility index (Phi) is 6.18. The van der Waals surface area contributed by atoms with Crippen LogP contribution in [0.25, 0.3) is 0 Å². The zero-order valence-electron chi connectivity index (χ0n) is 13.2. The van der Waals surface area contributed by atoms with Crippen LogP contribution in [0.5, 0.6) is 0 Å². The van der Waals surface area contributed by atoms with E-state index < -0.39 is 0 Å². The molecule has 3 aliphatic rings. The second-order valence-corrected chi connectivity index (χ2v) is 7.07. The van der Waals surface area contributed by atoms with Gasteiger partial charge < -0.3 is 15.1 Å². The van der Waals surface area contributed by atoms with Crippen molar-refractivity contribution < 1.29 is 4.79 Å². The number of nitrogens with zero attached hydrogens (tertiary/aromatic N) is 2. The summed E-state index contributed by atoms with van der Waals surface area (Å²) in [5.74, 6) is 1.74. The van der Waals surface area contributed by atoms with Crippen LogP contribution in [-0.4, -0.2) is 54.6 Å².